The van der Waals surface area contributed by atoms with E-state index in [9.17, 15) is 0 Å². The highest BCUT2D eigenvalue weighted by Gasteiger charge is 2.13. The quantitative estimate of drug-likeness (QED) is 0.818. The zero-order chi connectivity index (χ0) is 15.9. The molecule has 1 aliphatic carbocycles. The second-order valence-electron chi connectivity index (χ2n) is 6.18. The first-order valence-corrected chi connectivity index (χ1v) is 7.93. The number of rotatable bonds is 6. The van der Waals surface area contributed by atoms with Gasteiger partial charge in [-0.25, -0.2) is 0 Å². The average molecular weight is 294 g/mol. The summed E-state index contributed by atoms with van der Waals surface area (Å²) in [5.74, 6) is 0.0925. The van der Waals surface area contributed by atoms with Gasteiger partial charge < -0.3 is 10.3 Å². The molecule has 2 heteroatoms. The maximum atomic E-state index is 8.10. The molecule has 2 nitrogen and oxygen atoms in total. The maximum Gasteiger partial charge on any atom is 0.0420 e. The van der Waals surface area contributed by atoms with Gasteiger partial charge in [-0.2, -0.15) is 0 Å². The average Bonchev–Trinajstić information content (AvgIpc) is 2.53. The largest absolute Gasteiger partial charge is 0.307 e. The molecule has 2 rings (SSSR count). The third kappa shape index (κ3) is 4.81. The monoisotopic (exact) mass is 294 g/mol. The lowest BCUT2D eigenvalue weighted by Crippen LogP contribution is -2.24. The SMILES string of the molecule is CC(CCC1=CC(C=Cc2ccccc2)C(=N)C=C1)N(C)C. The van der Waals surface area contributed by atoms with Gasteiger partial charge in [-0.1, -0.05) is 60.2 Å². The van der Waals surface area contributed by atoms with E-state index >= 15 is 0 Å². The Bertz CT molecular complexity index is 579. The molecule has 1 aromatic carbocycles. The summed E-state index contributed by atoms with van der Waals surface area (Å²) >= 11 is 0. The van der Waals surface area contributed by atoms with Crippen LogP contribution < -0.4 is 0 Å². The van der Waals surface area contributed by atoms with Gasteiger partial charge in [-0.05, 0) is 45.5 Å². The van der Waals surface area contributed by atoms with Crippen molar-refractivity contribution < 1.29 is 0 Å². The third-order valence-electron chi connectivity index (χ3n) is 4.26. The first-order valence-electron chi connectivity index (χ1n) is 7.93. The molecule has 0 aromatic heterocycles. The smallest absolute Gasteiger partial charge is 0.0420 e. The predicted octanol–water partition coefficient (Wildman–Crippen LogP) is 4.56. The van der Waals surface area contributed by atoms with Gasteiger partial charge in [0.05, 0.1) is 0 Å². The summed E-state index contributed by atoms with van der Waals surface area (Å²) in [7, 11) is 4.24. The van der Waals surface area contributed by atoms with Crippen molar-refractivity contribution in [2.24, 2.45) is 5.92 Å². The zero-order valence-electron chi connectivity index (χ0n) is 13.8. The van der Waals surface area contributed by atoms with Crippen LogP contribution in [0.4, 0.5) is 0 Å². The molecule has 0 heterocycles. The molecule has 1 N–H and O–H groups in total. The molecule has 1 aliphatic rings. The summed E-state index contributed by atoms with van der Waals surface area (Å²) in [5, 5.41) is 8.10. The number of nitrogens with one attached hydrogen (secondary N) is 1. The Morgan fingerprint density at radius 3 is 2.59 bits per heavy atom. The molecule has 1 aromatic rings. The van der Waals surface area contributed by atoms with E-state index in [4.69, 9.17) is 5.41 Å². The van der Waals surface area contributed by atoms with Crippen molar-refractivity contribution in [1.29, 1.82) is 5.41 Å². The zero-order valence-corrected chi connectivity index (χ0v) is 13.8. The van der Waals surface area contributed by atoms with E-state index in [0.717, 1.165) is 12.8 Å². The van der Waals surface area contributed by atoms with Crippen molar-refractivity contribution in [3.05, 3.63) is 65.8 Å². The lowest BCUT2D eigenvalue weighted by atomic mass is 9.91. The van der Waals surface area contributed by atoms with Crippen LogP contribution in [0.1, 0.15) is 25.3 Å². The molecule has 0 aliphatic heterocycles. The minimum atomic E-state index is 0.0925. The molecule has 116 valence electrons. The fourth-order valence-corrected chi connectivity index (χ4v) is 2.42. The lowest BCUT2D eigenvalue weighted by Gasteiger charge is -2.21. The molecule has 22 heavy (non-hydrogen) atoms. The van der Waals surface area contributed by atoms with E-state index < -0.39 is 0 Å². The maximum absolute atomic E-state index is 8.10. The van der Waals surface area contributed by atoms with Crippen molar-refractivity contribution in [2.75, 3.05) is 14.1 Å². The summed E-state index contributed by atoms with van der Waals surface area (Å²) in [4.78, 5) is 2.25. The van der Waals surface area contributed by atoms with Crippen LogP contribution in [0, 0.1) is 11.3 Å². The van der Waals surface area contributed by atoms with Crippen LogP contribution in [-0.2, 0) is 0 Å². The highest BCUT2D eigenvalue weighted by Crippen LogP contribution is 2.21. The third-order valence-corrected chi connectivity index (χ3v) is 4.26. The van der Waals surface area contributed by atoms with Crippen molar-refractivity contribution in [1.82, 2.24) is 4.90 Å². The van der Waals surface area contributed by atoms with Gasteiger partial charge in [0.25, 0.3) is 0 Å². The molecule has 2 atom stereocenters. The summed E-state index contributed by atoms with van der Waals surface area (Å²) in [6, 6.07) is 10.8. The van der Waals surface area contributed by atoms with E-state index in [2.05, 4.69) is 62.4 Å². The van der Waals surface area contributed by atoms with Crippen LogP contribution in [0.25, 0.3) is 6.08 Å². The number of nitrogens with zero attached hydrogens (tertiary/aromatic N) is 1. The van der Waals surface area contributed by atoms with Gasteiger partial charge in [-0.3, -0.25) is 0 Å². The summed E-state index contributed by atoms with van der Waals surface area (Å²) in [6.45, 7) is 2.25. The van der Waals surface area contributed by atoms with Crippen LogP contribution in [0.5, 0.6) is 0 Å². The first-order chi connectivity index (χ1) is 10.6. The molecule has 0 saturated carbocycles. The van der Waals surface area contributed by atoms with Gasteiger partial charge in [0.15, 0.2) is 0 Å². The molecule has 0 spiro atoms. The lowest BCUT2D eigenvalue weighted by molar-refractivity contribution is 0.299. The Morgan fingerprint density at radius 2 is 1.91 bits per heavy atom. The molecule has 0 bridgehead atoms. The van der Waals surface area contributed by atoms with E-state index in [-0.39, 0.29) is 5.92 Å². The number of allylic oxidation sites excluding steroid dienone is 5. The summed E-state index contributed by atoms with van der Waals surface area (Å²) in [5.41, 5.74) is 3.19. The van der Waals surface area contributed by atoms with Crippen LogP contribution in [-0.4, -0.2) is 30.7 Å². The molecular weight excluding hydrogens is 268 g/mol. The van der Waals surface area contributed by atoms with Crippen molar-refractivity contribution >= 4 is 11.8 Å². The van der Waals surface area contributed by atoms with Crippen LogP contribution in [0.15, 0.2) is 60.2 Å². The highest BCUT2D eigenvalue weighted by atomic mass is 15.1. The second-order valence-corrected chi connectivity index (χ2v) is 6.18. The second kappa shape index (κ2) is 7.90. The van der Waals surface area contributed by atoms with E-state index in [1.54, 1.807) is 0 Å². The van der Waals surface area contributed by atoms with E-state index in [0.29, 0.717) is 11.8 Å². The van der Waals surface area contributed by atoms with Gasteiger partial charge >= 0.3 is 0 Å². The number of benzene rings is 1. The number of hydrogen-bond donors (Lipinski definition) is 1. The van der Waals surface area contributed by atoms with Crippen molar-refractivity contribution in [3.63, 3.8) is 0 Å². The topological polar surface area (TPSA) is 27.1 Å². The fourth-order valence-electron chi connectivity index (χ4n) is 2.42. The molecule has 0 amide bonds. The summed E-state index contributed by atoms with van der Waals surface area (Å²) < 4.78 is 0. The molecule has 0 saturated heterocycles. The van der Waals surface area contributed by atoms with Gasteiger partial charge in [0.2, 0.25) is 0 Å². The highest BCUT2D eigenvalue weighted by molar-refractivity contribution is 5.98. The number of hydrogen-bond acceptors (Lipinski definition) is 2. The van der Waals surface area contributed by atoms with Crippen molar-refractivity contribution in [3.8, 4) is 0 Å². The Hall–Kier alpha value is -1.93. The minimum absolute atomic E-state index is 0.0925. The van der Waals surface area contributed by atoms with Crippen LogP contribution in [0.3, 0.4) is 0 Å². The van der Waals surface area contributed by atoms with E-state index in [1.807, 2.05) is 24.3 Å². The van der Waals surface area contributed by atoms with Gasteiger partial charge in [0.1, 0.15) is 0 Å². The molecule has 0 radical (unpaired) electrons. The minimum Gasteiger partial charge on any atom is -0.307 e. The summed E-state index contributed by atoms with van der Waals surface area (Å²) in [6.07, 6.45) is 12.7. The van der Waals surface area contributed by atoms with Gasteiger partial charge in [0, 0.05) is 17.7 Å². The predicted molar refractivity (Wildman–Crippen MR) is 96.3 cm³/mol. The fraction of sp³-hybridized carbons (Fsp3) is 0.350. The normalized spacial score (nSPS) is 19.7. The Morgan fingerprint density at radius 1 is 1.18 bits per heavy atom. The Kier molecular flexibility index (Phi) is 5.91. The molecular formula is C20H26N2. The molecule has 0 fully saturated rings. The van der Waals surface area contributed by atoms with Gasteiger partial charge in [-0.15, -0.1) is 0 Å². The first kappa shape index (κ1) is 16.4. The van der Waals surface area contributed by atoms with Crippen LogP contribution >= 0.6 is 0 Å². The Balaban J connectivity index is 2.00. The molecule has 2 unspecified atom stereocenters. The van der Waals surface area contributed by atoms with Crippen LogP contribution in [0.2, 0.25) is 0 Å². The Labute approximate surface area is 134 Å². The van der Waals surface area contributed by atoms with Crippen molar-refractivity contribution in [2.45, 2.75) is 25.8 Å². The van der Waals surface area contributed by atoms with E-state index in [1.165, 1.54) is 11.1 Å². The standard InChI is InChI=1S/C20H26N2/c1-16(22(2)3)9-10-18-12-14-20(21)19(15-18)13-11-17-7-5-4-6-8-17/h4-8,11-16,19,21H,9-10H2,1-3H3.